The van der Waals surface area contributed by atoms with Gasteiger partial charge in [-0.05, 0) is 36.8 Å². The molecule has 4 aromatic rings. The van der Waals surface area contributed by atoms with Crippen LogP contribution >= 0.6 is 23.1 Å². The minimum absolute atomic E-state index is 0.156. The molecule has 3 aromatic carbocycles. The number of anilines is 2. The number of aromatic nitrogens is 1. The van der Waals surface area contributed by atoms with Crippen molar-refractivity contribution in [1.29, 1.82) is 0 Å². The Bertz CT molecular complexity index is 1750. The summed E-state index contributed by atoms with van der Waals surface area (Å²) in [5.74, 6) is -2.69. The first kappa shape index (κ1) is 26.7. The molecule has 0 spiro atoms. The molecule has 0 bridgehead atoms. The number of non-ortho nitro benzene ring substituents is 1. The summed E-state index contributed by atoms with van der Waals surface area (Å²) in [7, 11) is 0. The summed E-state index contributed by atoms with van der Waals surface area (Å²) in [6.45, 7) is 1.69. The predicted octanol–water partition coefficient (Wildman–Crippen LogP) is 4.56. The number of nitrogens with zero attached hydrogens (tertiary/aromatic N) is 3. The van der Waals surface area contributed by atoms with Gasteiger partial charge in [0.2, 0.25) is 17.7 Å². The van der Waals surface area contributed by atoms with Crippen molar-refractivity contribution < 1.29 is 19.3 Å². The van der Waals surface area contributed by atoms with Crippen LogP contribution < -0.4 is 15.1 Å². The van der Waals surface area contributed by atoms with Crippen LogP contribution in [-0.4, -0.2) is 32.5 Å². The smallest absolute Gasteiger partial charge is 0.308 e. The maximum absolute atomic E-state index is 13.9. The molecule has 1 N–H and O–H groups in total. The van der Waals surface area contributed by atoms with Gasteiger partial charge in [-0.15, -0.1) is 0 Å². The number of amides is 3. The van der Waals surface area contributed by atoms with E-state index in [1.807, 2.05) is 49.4 Å². The van der Waals surface area contributed by atoms with Crippen molar-refractivity contribution in [1.82, 2.24) is 4.57 Å². The van der Waals surface area contributed by atoms with E-state index in [0.717, 1.165) is 39.1 Å². The molecule has 6 rings (SSSR count). The number of thiazole rings is 1. The van der Waals surface area contributed by atoms with Crippen LogP contribution in [0.4, 0.5) is 17.1 Å². The number of carbonyl (C=O) groups is 3. The van der Waals surface area contributed by atoms with Gasteiger partial charge in [0.25, 0.3) is 5.69 Å². The van der Waals surface area contributed by atoms with Crippen LogP contribution in [0.3, 0.4) is 0 Å². The number of nitro groups is 1. The molecular weight excluding hydrogens is 564 g/mol. The third-order valence-corrected chi connectivity index (χ3v) is 9.77. The first-order valence-electron chi connectivity index (χ1n) is 12.7. The third kappa shape index (κ3) is 4.74. The number of aryl methyl sites for hydroxylation is 1. The molecule has 1 saturated heterocycles. The molecule has 0 aliphatic carbocycles. The molecule has 1 aromatic heterocycles. The number of hydrogen-bond donors (Lipinski definition) is 1. The molecule has 2 aliphatic rings. The average Bonchev–Trinajstić information content (AvgIpc) is 3.40. The van der Waals surface area contributed by atoms with Crippen molar-refractivity contribution in [2.75, 3.05) is 10.2 Å². The van der Waals surface area contributed by atoms with Crippen LogP contribution in [0.2, 0.25) is 0 Å². The van der Waals surface area contributed by atoms with Gasteiger partial charge in [-0.3, -0.25) is 33.9 Å². The second-order valence-corrected chi connectivity index (χ2v) is 11.9. The average molecular weight is 587 g/mol. The molecule has 206 valence electrons. The number of carbonyl (C=O) groups excluding carboxylic acids is 3. The summed E-state index contributed by atoms with van der Waals surface area (Å²) in [6.07, 6.45) is 0. The lowest BCUT2D eigenvalue weighted by atomic mass is 9.83. The predicted molar refractivity (Wildman–Crippen MR) is 155 cm³/mol. The van der Waals surface area contributed by atoms with E-state index in [4.69, 9.17) is 0 Å². The highest BCUT2D eigenvalue weighted by Gasteiger charge is 2.56. The van der Waals surface area contributed by atoms with Gasteiger partial charge in [0.05, 0.1) is 21.6 Å². The molecule has 1 fully saturated rings. The SMILES string of the molecule is Cc1ccc(NC(=O)Cn2c3c(sc2=O)[C@@H](c2ccccc2)C2C(=O)N(c4ccc([N+](=O)[O-])cc4)C(=O)C2S3)cc1. The Morgan fingerprint density at radius 3 is 2.29 bits per heavy atom. The van der Waals surface area contributed by atoms with E-state index >= 15 is 0 Å². The quantitative estimate of drug-likeness (QED) is 0.199. The lowest BCUT2D eigenvalue weighted by molar-refractivity contribution is -0.384. The molecule has 2 unspecified atom stereocenters. The normalized spacial score (nSPS) is 19.5. The van der Waals surface area contributed by atoms with Crippen molar-refractivity contribution in [3.05, 3.63) is 115 Å². The Labute approximate surface area is 241 Å². The van der Waals surface area contributed by atoms with Gasteiger partial charge in [0.15, 0.2) is 0 Å². The maximum Gasteiger partial charge on any atom is 0.308 e. The number of hydrogen-bond acceptors (Lipinski definition) is 8. The standard InChI is InChI=1S/C29H22N4O6S2/c1-16-7-9-18(10-8-16)30-21(34)15-31-28-25(41-29(31)37)22(17-5-3-2-4-6-17)23-24(40-28)27(36)32(26(23)35)19-11-13-20(14-12-19)33(38)39/h2-14,22-24H,15H2,1H3,(H,30,34)/t22-,23?,24?/m0/s1. The van der Waals surface area contributed by atoms with Crippen LogP contribution in [-0.2, 0) is 20.9 Å². The summed E-state index contributed by atoms with van der Waals surface area (Å²) in [4.78, 5) is 65.7. The molecule has 2 aliphatic heterocycles. The summed E-state index contributed by atoms with van der Waals surface area (Å²) in [6, 6.07) is 21.8. The van der Waals surface area contributed by atoms with Crippen LogP contribution in [0, 0.1) is 23.0 Å². The molecule has 0 saturated carbocycles. The molecular formula is C29H22N4O6S2. The summed E-state index contributed by atoms with van der Waals surface area (Å²) >= 11 is 2.09. The fraction of sp³-hybridized carbons (Fsp3) is 0.172. The highest BCUT2D eigenvalue weighted by atomic mass is 32.2. The zero-order chi connectivity index (χ0) is 28.8. The van der Waals surface area contributed by atoms with Crippen LogP contribution in [0.5, 0.6) is 0 Å². The fourth-order valence-corrected chi connectivity index (χ4v) is 8.01. The molecule has 12 heteroatoms. The Kier molecular flexibility index (Phi) is 6.80. The second-order valence-electron chi connectivity index (χ2n) is 9.78. The summed E-state index contributed by atoms with van der Waals surface area (Å²) in [5, 5.41) is 13.6. The number of rotatable bonds is 6. The lowest BCUT2D eigenvalue weighted by Crippen LogP contribution is -2.33. The first-order chi connectivity index (χ1) is 19.7. The fourth-order valence-electron chi connectivity index (χ4n) is 5.23. The zero-order valence-electron chi connectivity index (χ0n) is 21.6. The largest absolute Gasteiger partial charge is 0.325 e. The van der Waals surface area contributed by atoms with Gasteiger partial charge in [0.1, 0.15) is 11.8 Å². The van der Waals surface area contributed by atoms with Crippen LogP contribution in [0.25, 0.3) is 0 Å². The number of fused-ring (bicyclic) bond motifs is 2. The molecule has 41 heavy (non-hydrogen) atoms. The molecule has 3 heterocycles. The molecule has 0 radical (unpaired) electrons. The van der Waals surface area contributed by atoms with Crippen molar-refractivity contribution in [3.8, 4) is 0 Å². The van der Waals surface area contributed by atoms with Gasteiger partial charge >= 0.3 is 4.87 Å². The van der Waals surface area contributed by atoms with Crippen LogP contribution in [0.1, 0.15) is 21.9 Å². The Morgan fingerprint density at radius 2 is 1.63 bits per heavy atom. The molecule has 3 amide bonds. The number of thioether (sulfide) groups is 1. The number of nitrogens with one attached hydrogen (secondary N) is 1. The minimum Gasteiger partial charge on any atom is -0.325 e. The van der Waals surface area contributed by atoms with Gasteiger partial charge in [-0.2, -0.15) is 0 Å². The van der Waals surface area contributed by atoms with E-state index in [2.05, 4.69) is 5.32 Å². The number of benzene rings is 3. The molecule has 10 nitrogen and oxygen atoms in total. The second kappa shape index (κ2) is 10.5. The zero-order valence-corrected chi connectivity index (χ0v) is 23.2. The lowest BCUT2D eigenvalue weighted by Gasteiger charge is -2.30. The summed E-state index contributed by atoms with van der Waals surface area (Å²) in [5.41, 5.74) is 2.50. The Morgan fingerprint density at radius 1 is 0.951 bits per heavy atom. The van der Waals surface area contributed by atoms with E-state index in [-0.39, 0.29) is 22.8 Å². The van der Waals surface area contributed by atoms with Crippen molar-refractivity contribution in [2.24, 2.45) is 5.92 Å². The Balaban J connectivity index is 1.38. The minimum atomic E-state index is -0.851. The summed E-state index contributed by atoms with van der Waals surface area (Å²) < 4.78 is 1.37. The van der Waals surface area contributed by atoms with Crippen molar-refractivity contribution >= 4 is 57.9 Å². The van der Waals surface area contributed by atoms with E-state index < -0.39 is 39.7 Å². The number of imide groups is 1. The van der Waals surface area contributed by atoms with E-state index in [1.54, 1.807) is 12.1 Å². The van der Waals surface area contributed by atoms with Gasteiger partial charge in [-0.1, -0.05) is 71.1 Å². The Hall–Kier alpha value is -4.55. The van der Waals surface area contributed by atoms with Gasteiger partial charge in [-0.25, -0.2) is 4.90 Å². The molecule has 3 atom stereocenters. The maximum atomic E-state index is 13.9. The van der Waals surface area contributed by atoms with E-state index in [0.29, 0.717) is 15.6 Å². The van der Waals surface area contributed by atoms with Gasteiger partial charge in [0, 0.05) is 28.6 Å². The van der Waals surface area contributed by atoms with E-state index in [9.17, 15) is 29.3 Å². The third-order valence-electron chi connectivity index (χ3n) is 7.16. The highest BCUT2D eigenvalue weighted by molar-refractivity contribution is 8.00. The monoisotopic (exact) mass is 586 g/mol. The van der Waals surface area contributed by atoms with Crippen molar-refractivity contribution in [2.45, 2.75) is 29.7 Å². The van der Waals surface area contributed by atoms with Gasteiger partial charge < -0.3 is 5.32 Å². The van der Waals surface area contributed by atoms with Crippen LogP contribution in [0.15, 0.2) is 88.7 Å². The highest BCUT2D eigenvalue weighted by Crippen LogP contribution is 2.53. The topological polar surface area (TPSA) is 132 Å². The first-order valence-corrected chi connectivity index (χ1v) is 14.4. The number of nitro benzene ring substituents is 1. The van der Waals surface area contributed by atoms with Crippen molar-refractivity contribution in [3.63, 3.8) is 0 Å². The van der Waals surface area contributed by atoms with E-state index in [1.165, 1.54) is 28.8 Å².